The molecule has 2 heterocycles. The smallest absolute Gasteiger partial charge is 0.193 e. The third-order valence-electron chi connectivity index (χ3n) is 4.94. The first-order chi connectivity index (χ1) is 11.8. The number of nitrogens with one attached hydrogen (secondary N) is 1. The highest BCUT2D eigenvalue weighted by atomic mass is 127. The number of halogens is 1. The van der Waals surface area contributed by atoms with Gasteiger partial charge in [0.15, 0.2) is 5.96 Å². The molecule has 138 valence electrons. The van der Waals surface area contributed by atoms with Crippen LogP contribution in [0.1, 0.15) is 24.5 Å². The van der Waals surface area contributed by atoms with E-state index in [-0.39, 0.29) is 24.0 Å². The van der Waals surface area contributed by atoms with Crippen LogP contribution in [0.2, 0.25) is 0 Å². The zero-order chi connectivity index (χ0) is 16.8. The van der Waals surface area contributed by atoms with E-state index in [9.17, 15) is 0 Å². The molecule has 0 aliphatic carbocycles. The summed E-state index contributed by atoms with van der Waals surface area (Å²) in [5.41, 5.74) is 2.68. The van der Waals surface area contributed by atoms with Crippen molar-refractivity contribution in [3.8, 4) is 0 Å². The Hall–Kier alpha value is -1.08. The summed E-state index contributed by atoms with van der Waals surface area (Å²) in [4.78, 5) is 9.87. The highest BCUT2D eigenvalue weighted by Crippen LogP contribution is 2.18. The standard InChI is InChI=1S/C20H30N4.HI/c1-3-21-20(22-12-10-18-8-6-17(2)7-9-18)24-15-11-19(16-24)23-13-4-5-14-23;/h4-9,19H,3,10-16H2,1-2H3,(H,21,22);1H. The van der Waals surface area contributed by atoms with Gasteiger partial charge in [0.1, 0.15) is 0 Å². The predicted octanol–water partition coefficient (Wildman–Crippen LogP) is 3.07. The van der Waals surface area contributed by atoms with Crippen LogP contribution in [0.25, 0.3) is 0 Å². The lowest BCUT2D eigenvalue weighted by Gasteiger charge is -2.25. The molecule has 0 spiro atoms. The average Bonchev–Trinajstić information content (AvgIpc) is 3.27. The molecule has 0 radical (unpaired) electrons. The first kappa shape index (κ1) is 20.2. The normalized spacial score (nSPS) is 20.8. The van der Waals surface area contributed by atoms with Crippen LogP contribution >= 0.6 is 24.0 Å². The van der Waals surface area contributed by atoms with Gasteiger partial charge in [0, 0.05) is 45.3 Å². The number of rotatable bonds is 5. The molecule has 1 atom stereocenters. The van der Waals surface area contributed by atoms with Crippen LogP contribution in [-0.4, -0.2) is 61.1 Å². The average molecular weight is 454 g/mol. The van der Waals surface area contributed by atoms with E-state index in [4.69, 9.17) is 4.99 Å². The Morgan fingerprint density at radius 3 is 2.60 bits per heavy atom. The second kappa shape index (κ2) is 10.2. The number of guanidine groups is 1. The second-order valence-electron chi connectivity index (χ2n) is 6.79. The monoisotopic (exact) mass is 454 g/mol. The van der Waals surface area contributed by atoms with Crippen molar-refractivity contribution in [3.05, 3.63) is 47.5 Å². The van der Waals surface area contributed by atoms with Gasteiger partial charge in [-0.3, -0.25) is 9.89 Å². The largest absolute Gasteiger partial charge is 0.357 e. The van der Waals surface area contributed by atoms with Crippen molar-refractivity contribution in [1.29, 1.82) is 0 Å². The molecule has 25 heavy (non-hydrogen) atoms. The Morgan fingerprint density at radius 1 is 1.20 bits per heavy atom. The fourth-order valence-electron chi connectivity index (χ4n) is 3.50. The van der Waals surface area contributed by atoms with E-state index in [0.717, 1.165) is 51.6 Å². The van der Waals surface area contributed by atoms with Gasteiger partial charge in [0.05, 0.1) is 0 Å². The summed E-state index contributed by atoms with van der Waals surface area (Å²) < 4.78 is 0. The SMILES string of the molecule is CCNC(=NCCc1ccc(C)cc1)N1CCC(N2CC=CC2)C1.I. The zero-order valence-corrected chi connectivity index (χ0v) is 17.8. The van der Waals surface area contributed by atoms with Crippen molar-refractivity contribution in [2.45, 2.75) is 32.7 Å². The molecule has 2 aliphatic heterocycles. The van der Waals surface area contributed by atoms with Crippen molar-refractivity contribution >= 4 is 29.9 Å². The minimum absolute atomic E-state index is 0. The summed E-state index contributed by atoms with van der Waals surface area (Å²) in [6.45, 7) is 10.5. The Balaban J connectivity index is 0.00000225. The second-order valence-corrected chi connectivity index (χ2v) is 6.79. The lowest BCUT2D eigenvalue weighted by atomic mass is 10.1. The molecule has 0 amide bonds. The molecule has 1 N–H and O–H groups in total. The van der Waals surface area contributed by atoms with E-state index < -0.39 is 0 Å². The van der Waals surface area contributed by atoms with E-state index in [1.807, 2.05) is 0 Å². The summed E-state index contributed by atoms with van der Waals surface area (Å²) in [5, 5.41) is 3.47. The fourth-order valence-corrected chi connectivity index (χ4v) is 3.50. The molecule has 1 saturated heterocycles. The van der Waals surface area contributed by atoms with Crippen molar-refractivity contribution < 1.29 is 0 Å². The van der Waals surface area contributed by atoms with Crippen molar-refractivity contribution in [3.63, 3.8) is 0 Å². The fraction of sp³-hybridized carbons (Fsp3) is 0.550. The third kappa shape index (κ3) is 5.71. The molecule has 5 heteroatoms. The van der Waals surface area contributed by atoms with Crippen LogP contribution < -0.4 is 5.32 Å². The molecule has 2 aliphatic rings. The van der Waals surface area contributed by atoms with Crippen LogP contribution in [0.3, 0.4) is 0 Å². The summed E-state index contributed by atoms with van der Waals surface area (Å²) in [6.07, 6.45) is 6.81. The minimum Gasteiger partial charge on any atom is -0.357 e. The van der Waals surface area contributed by atoms with E-state index in [2.05, 4.69) is 65.4 Å². The van der Waals surface area contributed by atoms with Gasteiger partial charge in [-0.2, -0.15) is 0 Å². The van der Waals surface area contributed by atoms with Crippen molar-refractivity contribution in [2.75, 3.05) is 39.3 Å². The van der Waals surface area contributed by atoms with E-state index in [1.165, 1.54) is 17.5 Å². The van der Waals surface area contributed by atoms with Gasteiger partial charge in [0.25, 0.3) is 0 Å². The van der Waals surface area contributed by atoms with Gasteiger partial charge in [-0.05, 0) is 32.3 Å². The number of likely N-dealkylation sites (tertiary alicyclic amines) is 1. The number of aryl methyl sites for hydroxylation is 1. The number of nitrogens with zero attached hydrogens (tertiary/aromatic N) is 3. The molecular formula is C20H31IN4. The molecule has 0 aromatic heterocycles. The number of aliphatic imine (C=N–C) groups is 1. The Kier molecular flexibility index (Phi) is 8.22. The summed E-state index contributed by atoms with van der Waals surface area (Å²) in [5.74, 6) is 1.08. The van der Waals surface area contributed by atoms with Crippen LogP contribution in [0.15, 0.2) is 41.4 Å². The molecule has 1 aromatic rings. The van der Waals surface area contributed by atoms with Gasteiger partial charge < -0.3 is 10.2 Å². The predicted molar refractivity (Wildman–Crippen MR) is 117 cm³/mol. The molecule has 1 aromatic carbocycles. The number of hydrogen-bond donors (Lipinski definition) is 1. The van der Waals surface area contributed by atoms with Gasteiger partial charge in [-0.1, -0.05) is 42.0 Å². The van der Waals surface area contributed by atoms with Crippen molar-refractivity contribution in [2.24, 2.45) is 4.99 Å². The molecule has 1 unspecified atom stereocenters. The first-order valence-corrected chi connectivity index (χ1v) is 9.24. The lowest BCUT2D eigenvalue weighted by molar-refractivity contribution is 0.259. The third-order valence-corrected chi connectivity index (χ3v) is 4.94. The zero-order valence-electron chi connectivity index (χ0n) is 15.4. The highest BCUT2D eigenvalue weighted by Gasteiger charge is 2.29. The Bertz CT molecular complexity index is 574. The molecule has 4 nitrogen and oxygen atoms in total. The topological polar surface area (TPSA) is 30.9 Å². The summed E-state index contributed by atoms with van der Waals surface area (Å²) in [6, 6.07) is 9.45. The van der Waals surface area contributed by atoms with Gasteiger partial charge in [-0.25, -0.2) is 0 Å². The van der Waals surface area contributed by atoms with E-state index in [0.29, 0.717) is 6.04 Å². The maximum absolute atomic E-state index is 4.87. The Morgan fingerprint density at radius 2 is 1.92 bits per heavy atom. The molecule has 0 bridgehead atoms. The van der Waals surface area contributed by atoms with Crippen LogP contribution in [0.5, 0.6) is 0 Å². The number of benzene rings is 1. The number of hydrogen-bond acceptors (Lipinski definition) is 2. The first-order valence-electron chi connectivity index (χ1n) is 9.24. The quantitative estimate of drug-likeness (QED) is 0.321. The van der Waals surface area contributed by atoms with E-state index in [1.54, 1.807) is 0 Å². The molecular weight excluding hydrogens is 423 g/mol. The molecule has 3 rings (SSSR count). The summed E-state index contributed by atoms with van der Waals surface area (Å²) in [7, 11) is 0. The molecule has 1 fully saturated rings. The van der Waals surface area contributed by atoms with Gasteiger partial charge in [0.2, 0.25) is 0 Å². The van der Waals surface area contributed by atoms with Crippen molar-refractivity contribution in [1.82, 2.24) is 15.1 Å². The van der Waals surface area contributed by atoms with Crippen LogP contribution in [-0.2, 0) is 6.42 Å². The maximum Gasteiger partial charge on any atom is 0.193 e. The Labute approximate surface area is 169 Å². The van der Waals surface area contributed by atoms with E-state index >= 15 is 0 Å². The highest BCUT2D eigenvalue weighted by molar-refractivity contribution is 14.0. The minimum atomic E-state index is 0. The lowest BCUT2D eigenvalue weighted by Crippen LogP contribution is -2.43. The maximum atomic E-state index is 4.87. The molecule has 0 saturated carbocycles. The van der Waals surface area contributed by atoms with Gasteiger partial charge in [-0.15, -0.1) is 24.0 Å². The van der Waals surface area contributed by atoms with Crippen LogP contribution in [0.4, 0.5) is 0 Å². The van der Waals surface area contributed by atoms with Crippen LogP contribution in [0, 0.1) is 6.92 Å². The van der Waals surface area contributed by atoms with Gasteiger partial charge >= 0.3 is 0 Å². The summed E-state index contributed by atoms with van der Waals surface area (Å²) >= 11 is 0.